The second kappa shape index (κ2) is 8.57. The molecule has 0 radical (unpaired) electrons. The normalized spacial score (nSPS) is 22.5. The molecule has 2 nitrogen and oxygen atoms in total. The van der Waals surface area contributed by atoms with Crippen LogP contribution in [0.5, 0.6) is 0 Å². The highest BCUT2D eigenvalue weighted by atomic mass is 32.2. The number of hydrogen-bond acceptors (Lipinski definition) is 3. The molecule has 1 rings (SSSR count). The van der Waals surface area contributed by atoms with E-state index in [4.69, 9.17) is 0 Å². The summed E-state index contributed by atoms with van der Waals surface area (Å²) in [6, 6.07) is 0. The predicted molar refractivity (Wildman–Crippen MR) is 66.1 cm³/mol. The Bertz CT molecular complexity index is 124. The van der Waals surface area contributed by atoms with Crippen molar-refractivity contribution in [1.82, 2.24) is 10.6 Å². The third kappa shape index (κ3) is 5.89. The average Bonchev–Trinajstić information content (AvgIpc) is 2.25. The van der Waals surface area contributed by atoms with E-state index in [1.54, 1.807) is 0 Å². The van der Waals surface area contributed by atoms with Crippen molar-refractivity contribution in [2.24, 2.45) is 0 Å². The van der Waals surface area contributed by atoms with Crippen LogP contribution in [-0.4, -0.2) is 37.2 Å². The van der Waals surface area contributed by atoms with E-state index in [9.17, 15) is 0 Å². The van der Waals surface area contributed by atoms with Crippen molar-refractivity contribution in [1.29, 1.82) is 0 Å². The summed E-state index contributed by atoms with van der Waals surface area (Å²) < 4.78 is 0. The molecule has 3 heteroatoms. The van der Waals surface area contributed by atoms with Gasteiger partial charge in [-0.2, -0.15) is 11.8 Å². The van der Waals surface area contributed by atoms with Gasteiger partial charge in [-0.25, -0.2) is 0 Å². The first-order valence-corrected chi connectivity index (χ1v) is 7.01. The van der Waals surface area contributed by atoms with Gasteiger partial charge < -0.3 is 10.6 Å². The van der Waals surface area contributed by atoms with Crippen molar-refractivity contribution in [2.45, 2.75) is 37.9 Å². The Morgan fingerprint density at radius 1 is 1.21 bits per heavy atom. The lowest BCUT2D eigenvalue weighted by atomic mass is 10.2. The third-order valence-corrected chi connectivity index (χ3v) is 4.00. The molecule has 0 aromatic carbocycles. The number of nitrogens with one attached hydrogen (secondary N) is 2. The molecule has 1 fully saturated rings. The maximum atomic E-state index is 3.55. The molecular weight excluding hydrogens is 192 g/mol. The SMILES string of the molecule is CCNCCCNCC1CCCCS1. The summed E-state index contributed by atoms with van der Waals surface area (Å²) in [5.41, 5.74) is 0. The molecule has 0 aromatic rings. The Hall–Kier alpha value is 0.270. The van der Waals surface area contributed by atoms with Gasteiger partial charge in [0, 0.05) is 11.8 Å². The Kier molecular flexibility index (Phi) is 7.55. The predicted octanol–water partition coefficient (Wildman–Crippen LogP) is 1.86. The zero-order chi connectivity index (χ0) is 10.1. The van der Waals surface area contributed by atoms with Gasteiger partial charge in [-0.05, 0) is 44.6 Å². The summed E-state index contributed by atoms with van der Waals surface area (Å²) >= 11 is 2.15. The maximum Gasteiger partial charge on any atom is 0.0172 e. The van der Waals surface area contributed by atoms with Crippen LogP contribution in [0.25, 0.3) is 0 Å². The van der Waals surface area contributed by atoms with Crippen LogP contribution in [0.1, 0.15) is 32.6 Å². The molecule has 14 heavy (non-hydrogen) atoms. The summed E-state index contributed by atoms with van der Waals surface area (Å²) in [7, 11) is 0. The lowest BCUT2D eigenvalue weighted by Gasteiger charge is -2.21. The van der Waals surface area contributed by atoms with E-state index < -0.39 is 0 Å². The van der Waals surface area contributed by atoms with E-state index in [0.29, 0.717) is 0 Å². The fraction of sp³-hybridized carbons (Fsp3) is 1.00. The minimum atomic E-state index is 0.892. The third-order valence-electron chi connectivity index (χ3n) is 2.60. The van der Waals surface area contributed by atoms with Gasteiger partial charge in [0.1, 0.15) is 0 Å². The van der Waals surface area contributed by atoms with Gasteiger partial charge in [-0.15, -0.1) is 0 Å². The lowest BCUT2D eigenvalue weighted by molar-refractivity contribution is 0.570. The minimum Gasteiger partial charge on any atom is -0.317 e. The van der Waals surface area contributed by atoms with Crippen LogP contribution in [0.4, 0.5) is 0 Å². The summed E-state index contributed by atoms with van der Waals surface area (Å²) in [4.78, 5) is 0. The monoisotopic (exact) mass is 216 g/mol. The van der Waals surface area contributed by atoms with Gasteiger partial charge in [0.15, 0.2) is 0 Å². The molecule has 1 heterocycles. The van der Waals surface area contributed by atoms with E-state index in [0.717, 1.165) is 18.3 Å². The summed E-state index contributed by atoms with van der Waals surface area (Å²) in [5, 5.41) is 7.79. The Morgan fingerprint density at radius 2 is 2.07 bits per heavy atom. The van der Waals surface area contributed by atoms with Gasteiger partial charge >= 0.3 is 0 Å². The van der Waals surface area contributed by atoms with Crippen LogP contribution < -0.4 is 10.6 Å². The molecule has 0 amide bonds. The van der Waals surface area contributed by atoms with Crippen LogP contribution >= 0.6 is 11.8 Å². The minimum absolute atomic E-state index is 0.892. The number of rotatable bonds is 7. The van der Waals surface area contributed by atoms with Crippen molar-refractivity contribution < 1.29 is 0 Å². The largest absolute Gasteiger partial charge is 0.317 e. The van der Waals surface area contributed by atoms with E-state index in [-0.39, 0.29) is 0 Å². The number of hydrogen-bond donors (Lipinski definition) is 2. The van der Waals surface area contributed by atoms with Gasteiger partial charge in [0.05, 0.1) is 0 Å². The number of thioether (sulfide) groups is 1. The quantitative estimate of drug-likeness (QED) is 0.635. The first kappa shape index (κ1) is 12.3. The van der Waals surface area contributed by atoms with Crippen LogP contribution in [0, 0.1) is 0 Å². The molecule has 0 aromatic heterocycles. The van der Waals surface area contributed by atoms with Crippen molar-refractivity contribution in [3.8, 4) is 0 Å². The first-order chi connectivity index (χ1) is 6.93. The fourth-order valence-electron chi connectivity index (χ4n) is 1.75. The highest BCUT2D eigenvalue weighted by Crippen LogP contribution is 2.24. The van der Waals surface area contributed by atoms with E-state index in [1.807, 2.05) is 0 Å². The zero-order valence-corrected chi connectivity index (χ0v) is 10.2. The van der Waals surface area contributed by atoms with E-state index in [2.05, 4.69) is 29.3 Å². The van der Waals surface area contributed by atoms with Crippen molar-refractivity contribution in [3.63, 3.8) is 0 Å². The summed E-state index contributed by atoms with van der Waals surface area (Å²) in [5.74, 6) is 1.38. The Balaban J connectivity index is 1.82. The van der Waals surface area contributed by atoms with Crippen LogP contribution in [-0.2, 0) is 0 Å². The van der Waals surface area contributed by atoms with Crippen LogP contribution in [0.2, 0.25) is 0 Å². The summed E-state index contributed by atoms with van der Waals surface area (Å²) in [6.07, 6.45) is 5.55. The molecule has 1 atom stereocenters. The molecule has 0 saturated carbocycles. The van der Waals surface area contributed by atoms with Crippen molar-refractivity contribution in [3.05, 3.63) is 0 Å². The molecule has 0 bridgehead atoms. The van der Waals surface area contributed by atoms with E-state index in [1.165, 1.54) is 44.5 Å². The van der Waals surface area contributed by atoms with E-state index >= 15 is 0 Å². The smallest absolute Gasteiger partial charge is 0.0172 e. The molecule has 1 saturated heterocycles. The first-order valence-electron chi connectivity index (χ1n) is 5.96. The second-order valence-electron chi connectivity index (χ2n) is 3.90. The Morgan fingerprint density at radius 3 is 2.79 bits per heavy atom. The molecule has 2 N–H and O–H groups in total. The molecule has 1 unspecified atom stereocenters. The zero-order valence-electron chi connectivity index (χ0n) is 9.35. The maximum absolute atomic E-state index is 3.55. The Labute approximate surface area is 92.6 Å². The molecule has 1 aliphatic rings. The summed E-state index contributed by atoms with van der Waals surface area (Å²) in [6.45, 7) is 6.80. The van der Waals surface area contributed by atoms with Gasteiger partial charge in [0.25, 0.3) is 0 Å². The highest BCUT2D eigenvalue weighted by Gasteiger charge is 2.12. The van der Waals surface area contributed by atoms with Crippen LogP contribution in [0.15, 0.2) is 0 Å². The van der Waals surface area contributed by atoms with Crippen LogP contribution in [0.3, 0.4) is 0 Å². The van der Waals surface area contributed by atoms with Crippen molar-refractivity contribution >= 4 is 11.8 Å². The lowest BCUT2D eigenvalue weighted by Crippen LogP contribution is -2.29. The van der Waals surface area contributed by atoms with Crippen molar-refractivity contribution in [2.75, 3.05) is 31.9 Å². The molecule has 0 aliphatic carbocycles. The fourth-order valence-corrected chi connectivity index (χ4v) is 3.02. The molecule has 0 spiro atoms. The topological polar surface area (TPSA) is 24.1 Å². The standard InChI is InChI=1S/C11H24N2S/c1-2-12-7-5-8-13-10-11-6-3-4-9-14-11/h11-13H,2-10H2,1H3. The van der Waals surface area contributed by atoms with Gasteiger partial charge in [0.2, 0.25) is 0 Å². The molecule has 1 aliphatic heterocycles. The second-order valence-corrected chi connectivity index (χ2v) is 5.31. The average molecular weight is 216 g/mol. The molecular formula is C11H24N2S. The highest BCUT2D eigenvalue weighted by molar-refractivity contribution is 7.99. The molecule has 84 valence electrons. The van der Waals surface area contributed by atoms with Gasteiger partial charge in [-0.1, -0.05) is 13.3 Å². The van der Waals surface area contributed by atoms with Gasteiger partial charge in [-0.3, -0.25) is 0 Å².